The van der Waals surface area contributed by atoms with Crippen LogP contribution in [0.2, 0.25) is 0 Å². The van der Waals surface area contributed by atoms with Gasteiger partial charge in [-0.15, -0.1) is 0 Å². The molecule has 2 saturated heterocycles. The molecule has 1 aromatic carbocycles. The average Bonchev–Trinajstić information content (AvgIpc) is 2.68. The number of hydrogen-bond donors (Lipinski definition) is 1. The molecule has 3 atom stereocenters. The monoisotopic (exact) mass is 353 g/mol. The van der Waals surface area contributed by atoms with E-state index in [0.29, 0.717) is 12.3 Å². The summed E-state index contributed by atoms with van der Waals surface area (Å²) in [5.41, 5.74) is 7.12. The molecule has 1 amide bonds. The van der Waals surface area contributed by atoms with Crippen LogP contribution in [0.4, 0.5) is 0 Å². The van der Waals surface area contributed by atoms with Gasteiger partial charge in [-0.1, -0.05) is 24.3 Å². The third-order valence-electron chi connectivity index (χ3n) is 5.78. The highest BCUT2D eigenvalue weighted by Gasteiger charge is 2.32. The van der Waals surface area contributed by atoms with Crippen LogP contribution in [0.25, 0.3) is 10.8 Å². The van der Waals surface area contributed by atoms with Gasteiger partial charge >= 0.3 is 0 Å². The lowest BCUT2D eigenvalue weighted by atomic mass is 9.87. The third-order valence-corrected chi connectivity index (χ3v) is 5.78. The second-order valence-corrected chi connectivity index (χ2v) is 7.63. The summed E-state index contributed by atoms with van der Waals surface area (Å²) in [7, 11) is 0. The molecular formula is C21H27N3O2. The Hall–Kier alpha value is -1.98. The second kappa shape index (κ2) is 7.72. The fourth-order valence-corrected chi connectivity index (χ4v) is 4.32. The van der Waals surface area contributed by atoms with E-state index in [-0.39, 0.29) is 18.1 Å². The van der Waals surface area contributed by atoms with E-state index in [0.717, 1.165) is 61.7 Å². The van der Waals surface area contributed by atoms with Gasteiger partial charge in [0.05, 0.1) is 12.5 Å². The number of carbonyl (C=O) groups is 1. The summed E-state index contributed by atoms with van der Waals surface area (Å²) in [6.45, 7) is 2.37. The highest BCUT2D eigenvalue weighted by Crippen LogP contribution is 2.28. The molecule has 0 saturated carbocycles. The van der Waals surface area contributed by atoms with Gasteiger partial charge in [0.25, 0.3) is 0 Å². The molecule has 26 heavy (non-hydrogen) atoms. The van der Waals surface area contributed by atoms with Crippen LogP contribution in [0.3, 0.4) is 0 Å². The Morgan fingerprint density at radius 1 is 1.27 bits per heavy atom. The number of hydrogen-bond acceptors (Lipinski definition) is 4. The third kappa shape index (κ3) is 3.74. The second-order valence-electron chi connectivity index (χ2n) is 7.63. The van der Waals surface area contributed by atoms with E-state index < -0.39 is 0 Å². The minimum absolute atomic E-state index is 0.188. The number of nitrogens with zero attached hydrogens (tertiary/aromatic N) is 2. The van der Waals surface area contributed by atoms with Gasteiger partial charge in [-0.3, -0.25) is 9.78 Å². The molecule has 0 bridgehead atoms. The lowest BCUT2D eigenvalue weighted by Crippen LogP contribution is -2.47. The maximum atomic E-state index is 12.9. The van der Waals surface area contributed by atoms with E-state index in [1.165, 1.54) is 0 Å². The zero-order valence-corrected chi connectivity index (χ0v) is 15.1. The summed E-state index contributed by atoms with van der Waals surface area (Å²) in [6, 6.07) is 8.35. The van der Waals surface area contributed by atoms with E-state index in [2.05, 4.69) is 11.1 Å². The normalized spacial score (nSPS) is 26.8. The zero-order chi connectivity index (χ0) is 17.9. The lowest BCUT2D eigenvalue weighted by molar-refractivity contribution is -0.134. The van der Waals surface area contributed by atoms with Crippen LogP contribution in [-0.4, -0.2) is 47.6 Å². The highest BCUT2D eigenvalue weighted by atomic mass is 16.5. The molecule has 1 aromatic heterocycles. The van der Waals surface area contributed by atoms with Gasteiger partial charge in [-0.05, 0) is 36.6 Å². The van der Waals surface area contributed by atoms with Crippen molar-refractivity contribution in [3.8, 4) is 0 Å². The molecule has 5 heteroatoms. The Bertz CT molecular complexity index is 773. The Morgan fingerprint density at radius 3 is 3.04 bits per heavy atom. The largest absolute Gasteiger partial charge is 0.378 e. The molecular weight excluding hydrogens is 326 g/mol. The Balaban J connectivity index is 1.44. The van der Waals surface area contributed by atoms with Crippen molar-refractivity contribution in [3.05, 3.63) is 42.2 Å². The number of carbonyl (C=O) groups excluding carboxylic acids is 1. The summed E-state index contributed by atoms with van der Waals surface area (Å²) in [6.07, 6.45) is 8.31. The molecule has 2 fully saturated rings. The van der Waals surface area contributed by atoms with Gasteiger partial charge in [-0.2, -0.15) is 0 Å². The van der Waals surface area contributed by atoms with Crippen molar-refractivity contribution in [1.29, 1.82) is 0 Å². The number of likely N-dealkylation sites (tertiary alicyclic amines) is 1. The first-order chi connectivity index (χ1) is 12.7. The molecule has 0 spiro atoms. The average molecular weight is 353 g/mol. The van der Waals surface area contributed by atoms with Crippen molar-refractivity contribution >= 4 is 16.7 Å². The smallest absolute Gasteiger partial charge is 0.227 e. The summed E-state index contributed by atoms with van der Waals surface area (Å²) in [4.78, 5) is 19.3. The molecule has 0 radical (unpaired) electrons. The van der Waals surface area contributed by atoms with Crippen LogP contribution in [-0.2, 0) is 16.0 Å². The molecule has 2 aliphatic heterocycles. The molecule has 2 N–H and O–H groups in total. The highest BCUT2D eigenvalue weighted by molar-refractivity contribution is 5.89. The molecule has 2 aliphatic rings. The van der Waals surface area contributed by atoms with E-state index in [1.807, 2.05) is 35.5 Å². The van der Waals surface area contributed by atoms with Gasteiger partial charge in [0.2, 0.25) is 5.91 Å². The van der Waals surface area contributed by atoms with Crippen molar-refractivity contribution in [2.75, 3.05) is 19.7 Å². The van der Waals surface area contributed by atoms with Crippen molar-refractivity contribution in [1.82, 2.24) is 9.88 Å². The van der Waals surface area contributed by atoms with E-state index >= 15 is 0 Å². The van der Waals surface area contributed by atoms with Crippen LogP contribution >= 0.6 is 0 Å². The predicted molar refractivity (Wildman–Crippen MR) is 102 cm³/mol. The van der Waals surface area contributed by atoms with Crippen molar-refractivity contribution < 1.29 is 9.53 Å². The van der Waals surface area contributed by atoms with E-state index in [9.17, 15) is 4.79 Å². The Kier molecular flexibility index (Phi) is 5.18. The summed E-state index contributed by atoms with van der Waals surface area (Å²) in [5.74, 6) is 0.595. The van der Waals surface area contributed by atoms with Crippen LogP contribution in [0.5, 0.6) is 0 Å². The molecule has 0 aliphatic carbocycles. The number of pyridine rings is 1. The minimum Gasteiger partial charge on any atom is -0.378 e. The molecule has 5 nitrogen and oxygen atoms in total. The number of aromatic nitrogens is 1. The Labute approximate surface area is 154 Å². The molecule has 3 heterocycles. The van der Waals surface area contributed by atoms with Crippen molar-refractivity contribution in [2.24, 2.45) is 11.7 Å². The van der Waals surface area contributed by atoms with Gasteiger partial charge < -0.3 is 15.4 Å². The van der Waals surface area contributed by atoms with E-state index in [4.69, 9.17) is 10.5 Å². The fraction of sp³-hybridized carbons (Fsp3) is 0.524. The quantitative estimate of drug-likeness (QED) is 0.921. The number of fused-ring (bicyclic) bond motifs is 1. The number of rotatable bonds is 3. The summed E-state index contributed by atoms with van der Waals surface area (Å²) >= 11 is 0. The van der Waals surface area contributed by atoms with Crippen LogP contribution in [0, 0.1) is 5.92 Å². The van der Waals surface area contributed by atoms with Gasteiger partial charge in [-0.25, -0.2) is 0 Å². The van der Waals surface area contributed by atoms with Gasteiger partial charge in [0.1, 0.15) is 0 Å². The first kappa shape index (κ1) is 17.4. The maximum Gasteiger partial charge on any atom is 0.227 e. The SMILES string of the molecule is NC1CCOC(C2CCCN(C(=O)Cc3cncc4ccccc34)C2)C1. The zero-order valence-electron chi connectivity index (χ0n) is 15.1. The summed E-state index contributed by atoms with van der Waals surface area (Å²) < 4.78 is 5.96. The van der Waals surface area contributed by atoms with Crippen LogP contribution < -0.4 is 5.73 Å². The molecule has 2 aromatic rings. The topological polar surface area (TPSA) is 68.5 Å². The van der Waals surface area contributed by atoms with E-state index in [1.54, 1.807) is 0 Å². The molecule has 4 rings (SSSR count). The number of nitrogens with two attached hydrogens (primary N) is 1. The van der Waals surface area contributed by atoms with Crippen LogP contribution in [0.15, 0.2) is 36.7 Å². The number of ether oxygens (including phenoxy) is 1. The van der Waals surface area contributed by atoms with Crippen molar-refractivity contribution in [3.63, 3.8) is 0 Å². The molecule has 3 unspecified atom stereocenters. The number of amides is 1. The van der Waals surface area contributed by atoms with Gasteiger partial charge in [0.15, 0.2) is 0 Å². The first-order valence-corrected chi connectivity index (χ1v) is 9.67. The van der Waals surface area contributed by atoms with Crippen LogP contribution in [0.1, 0.15) is 31.2 Å². The number of benzene rings is 1. The first-order valence-electron chi connectivity index (χ1n) is 9.67. The summed E-state index contributed by atoms with van der Waals surface area (Å²) in [5, 5.41) is 2.20. The molecule has 138 valence electrons. The van der Waals surface area contributed by atoms with Crippen molar-refractivity contribution in [2.45, 2.75) is 44.2 Å². The number of piperidine rings is 1. The Morgan fingerprint density at radius 2 is 2.15 bits per heavy atom. The van der Waals surface area contributed by atoms with Gasteiger partial charge in [0, 0.05) is 49.4 Å². The fourth-order valence-electron chi connectivity index (χ4n) is 4.32. The standard InChI is InChI=1S/C21H27N3O2/c22-18-7-9-26-20(11-18)16-5-3-8-24(14-16)21(25)10-17-13-23-12-15-4-1-2-6-19(15)17/h1-2,4,6,12-13,16,18,20H,3,5,7-11,14,22H2. The minimum atomic E-state index is 0.188. The predicted octanol–water partition coefficient (Wildman–Crippen LogP) is 2.52. The lowest BCUT2D eigenvalue weighted by Gasteiger charge is -2.39. The maximum absolute atomic E-state index is 12.9.